The van der Waals surface area contributed by atoms with E-state index in [0.717, 1.165) is 12.1 Å². The fourth-order valence-corrected chi connectivity index (χ4v) is 2.76. The number of amides is 2. The molecule has 0 saturated carbocycles. The number of hydrogen-bond acceptors (Lipinski definition) is 6. The van der Waals surface area contributed by atoms with Crippen molar-refractivity contribution in [2.24, 2.45) is 0 Å². The number of benzene rings is 2. The number of nitrogens with one attached hydrogen (secondary N) is 1. The molecule has 1 aromatic heterocycles. The summed E-state index contributed by atoms with van der Waals surface area (Å²) in [5, 5.41) is 2.44. The summed E-state index contributed by atoms with van der Waals surface area (Å²) >= 11 is 0. The van der Waals surface area contributed by atoms with Gasteiger partial charge in [-0.1, -0.05) is 6.07 Å². The van der Waals surface area contributed by atoms with Crippen molar-refractivity contribution >= 4 is 23.2 Å². The molecule has 0 aliphatic carbocycles. The number of nitrogen functional groups attached to an aromatic ring is 1. The van der Waals surface area contributed by atoms with Crippen molar-refractivity contribution < 1.29 is 27.4 Å². The maximum atomic E-state index is 12.8. The quantitative estimate of drug-likeness (QED) is 0.660. The van der Waals surface area contributed by atoms with E-state index in [2.05, 4.69) is 15.3 Å². The Bertz CT molecular complexity index is 1110. The molecule has 0 fully saturated rings. The van der Waals surface area contributed by atoms with Crippen LogP contribution < -0.4 is 25.4 Å². The number of hydrogen-bond donors (Lipinski definition) is 2. The minimum absolute atomic E-state index is 0.0181. The second-order valence-corrected chi connectivity index (χ2v) is 6.22. The van der Waals surface area contributed by atoms with Crippen molar-refractivity contribution in [2.75, 3.05) is 22.7 Å². The van der Waals surface area contributed by atoms with Crippen molar-refractivity contribution in [3.8, 4) is 17.4 Å². The summed E-state index contributed by atoms with van der Waals surface area (Å²) in [6, 6.07) is 9.94. The minimum Gasteiger partial charge on any atom is -0.470 e. The first-order valence-corrected chi connectivity index (χ1v) is 8.57. The highest BCUT2D eigenvalue weighted by molar-refractivity contribution is 6.03. The number of aromatic nitrogens is 2. The SMILES string of the molecule is Nc1cc(Oc2ccc3c(c2)OCN3C(=O)Nc2cccc(C(F)(F)F)c2)ncn1. The lowest BCUT2D eigenvalue weighted by molar-refractivity contribution is -0.137. The Hall–Kier alpha value is -4.02. The maximum Gasteiger partial charge on any atom is 0.416 e. The maximum absolute atomic E-state index is 12.8. The van der Waals surface area contributed by atoms with E-state index in [9.17, 15) is 18.0 Å². The molecular formula is C19H14F3N5O3. The van der Waals surface area contributed by atoms with E-state index in [1.807, 2.05) is 0 Å². The Morgan fingerprint density at radius 3 is 2.77 bits per heavy atom. The number of nitrogens with two attached hydrogens (primary N) is 1. The Morgan fingerprint density at radius 2 is 2.00 bits per heavy atom. The average Bonchev–Trinajstić information content (AvgIpc) is 3.11. The number of halogens is 3. The van der Waals surface area contributed by atoms with Crippen LogP contribution in [0.1, 0.15) is 5.56 Å². The van der Waals surface area contributed by atoms with Crippen molar-refractivity contribution in [1.82, 2.24) is 9.97 Å². The first-order valence-electron chi connectivity index (χ1n) is 8.57. The molecule has 2 heterocycles. The first-order chi connectivity index (χ1) is 14.3. The van der Waals surface area contributed by atoms with E-state index in [4.69, 9.17) is 15.2 Å². The van der Waals surface area contributed by atoms with E-state index in [0.29, 0.717) is 17.2 Å². The number of urea groups is 1. The molecule has 0 unspecified atom stereocenters. The zero-order chi connectivity index (χ0) is 21.3. The molecule has 3 aromatic rings. The Kier molecular flexibility index (Phi) is 4.78. The molecule has 154 valence electrons. The number of nitrogens with zero attached hydrogens (tertiary/aromatic N) is 3. The van der Waals surface area contributed by atoms with Crippen LogP contribution in [0.15, 0.2) is 54.9 Å². The van der Waals surface area contributed by atoms with Gasteiger partial charge in [0.25, 0.3) is 0 Å². The van der Waals surface area contributed by atoms with Crippen LogP contribution in [0.25, 0.3) is 0 Å². The number of ether oxygens (including phenoxy) is 2. The van der Waals surface area contributed by atoms with Crippen LogP contribution in [0.3, 0.4) is 0 Å². The number of carbonyl (C=O) groups is 1. The summed E-state index contributed by atoms with van der Waals surface area (Å²) in [6.45, 7) is -0.107. The summed E-state index contributed by atoms with van der Waals surface area (Å²) in [5.41, 5.74) is 5.18. The first kappa shape index (κ1) is 19.3. The zero-order valence-electron chi connectivity index (χ0n) is 15.2. The van der Waals surface area contributed by atoms with E-state index in [-0.39, 0.29) is 24.1 Å². The number of carbonyl (C=O) groups excluding carboxylic acids is 1. The second kappa shape index (κ2) is 7.43. The highest BCUT2D eigenvalue weighted by Gasteiger charge is 2.31. The topological polar surface area (TPSA) is 103 Å². The van der Waals surface area contributed by atoms with Gasteiger partial charge in [-0.25, -0.2) is 14.8 Å². The third-order valence-electron chi connectivity index (χ3n) is 4.14. The largest absolute Gasteiger partial charge is 0.470 e. The summed E-state index contributed by atoms with van der Waals surface area (Å²) < 4.78 is 49.6. The molecule has 2 amide bonds. The van der Waals surface area contributed by atoms with Crippen LogP contribution in [-0.4, -0.2) is 22.7 Å². The van der Waals surface area contributed by atoms with E-state index in [1.165, 1.54) is 29.4 Å². The van der Waals surface area contributed by atoms with Crippen LogP contribution in [0, 0.1) is 0 Å². The predicted octanol–water partition coefficient (Wildman–Crippen LogP) is 4.26. The van der Waals surface area contributed by atoms with Gasteiger partial charge in [0.2, 0.25) is 5.88 Å². The van der Waals surface area contributed by atoms with Gasteiger partial charge < -0.3 is 20.5 Å². The normalized spacial score (nSPS) is 12.8. The van der Waals surface area contributed by atoms with Crippen molar-refractivity contribution in [2.45, 2.75) is 6.18 Å². The Morgan fingerprint density at radius 1 is 1.17 bits per heavy atom. The van der Waals surface area contributed by atoms with Gasteiger partial charge in [-0.2, -0.15) is 13.2 Å². The molecule has 0 saturated heterocycles. The third kappa shape index (κ3) is 4.04. The smallest absolute Gasteiger partial charge is 0.416 e. The number of fused-ring (bicyclic) bond motifs is 1. The fourth-order valence-electron chi connectivity index (χ4n) is 2.76. The summed E-state index contributed by atoms with van der Waals surface area (Å²) in [6.07, 6.45) is -3.25. The van der Waals surface area contributed by atoms with Crippen LogP contribution >= 0.6 is 0 Å². The number of rotatable bonds is 3. The molecule has 8 nitrogen and oxygen atoms in total. The molecule has 2 aromatic carbocycles. The molecular weight excluding hydrogens is 403 g/mol. The lowest BCUT2D eigenvalue weighted by atomic mass is 10.2. The van der Waals surface area contributed by atoms with Gasteiger partial charge in [0.15, 0.2) is 6.73 Å². The monoisotopic (exact) mass is 417 g/mol. The van der Waals surface area contributed by atoms with Crippen LogP contribution in [0.2, 0.25) is 0 Å². The highest BCUT2D eigenvalue weighted by atomic mass is 19.4. The second-order valence-electron chi connectivity index (χ2n) is 6.22. The molecule has 0 radical (unpaired) electrons. The van der Waals surface area contributed by atoms with Crippen molar-refractivity contribution in [3.05, 3.63) is 60.4 Å². The Labute approximate surface area is 168 Å². The Balaban J connectivity index is 1.49. The van der Waals surface area contributed by atoms with Crippen LogP contribution in [0.5, 0.6) is 17.4 Å². The lowest BCUT2D eigenvalue weighted by Crippen LogP contribution is -2.34. The molecule has 4 rings (SSSR count). The van der Waals surface area contributed by atoms with Gasteiger partial charge in [-0.15, -0.1) is 0 Å². The van der Waals surface area contributed by atoms with Gasteiger partial charge in [0.1, 0.15) is 23.6 Å². The van der Waals surface area contributed by atoms with Crippen molar-refractivity contribution in [1.29, 1.82) is 0 Å². The van der Waals surface area contributed by atoms with Crippen molar-refractivity contribution in [3.63, 3.8) is 0 Å². The predicted molar refractivity (Wildman–Crippen MR) is 101 cm³/mol. The van der Waals surface area contributed by atoms with E-state index >= 15 is 0 Å². The molecule has 1 aliphatic heterocycles. The zero-order valence-corrected chi connectivity index (χ0v) is 15.2. The van der Waals surface area contributed by atoms with Gasteiger partial charge in [0.05, 0.1) is 11.3 Å². The average molecular weight is 417 g/mol. The van der Waals surface area contributed by atoms with Crippen LogP contribution in [0.4, 0.5) is 35.2 Å². The van der Waals surface area contributed by atoms with Gasteiger partial charge >= 0.3 is 12.2 Å². The molecule has 0 spiro atoms. The highest BCUT2D eigenvalue weighted by Crippen LogP contribution is 2.38. The van der Waals surface area contributed by atoms with Gasteiger partial charge in [-0.05, 0) is 30.3 Å². The fraction of sp³-hybridized carbons (Fsp3) is 0.105. The summed E-state index contributed by atoms with van der Waals surface area (Å²) in [4.78, 5) is 21.5. The van der Waals surface area contributed by atoms with E-state index < -0.39 is 17.8 Å². The molecule has 11 heteroatoms. The summed E-state index contributed by atoms with van der Waals surface area (Å²) in [7, 11) is 0. The standard InChI is InChI=1S/C19H14F3N5O3/c20-19(21,22)11-2-1-3-12(6-11)26-18(28)27-10-29-15-7-13(4-5-14(15)27)30-17-8-16(23)24-9-25-17/h1-9H,10H2,(H,26,28)(H2,23,24,25). The minimum atomic E-state index is -4.51. The van der Waals surface area contributed by atoms with Gasteiger partial charge in [0, 0.05) is 17.8 Å². The van der Waals surface area contributed by atoms with Crippen LogP contribution in [-0.2, 0) is 6.18 Å². The van der Waals surface area contributed by atoms with E-state index in [1.54, 1.807) is 18.2 Å². The van der Waals surface area contributed by atoms with Gasteiger partial charge in [-0.3, -0.25) is 4.90 Å². The summed E-state index contributed by atoms with van der Waals surface area (Å²) in [5.74, 6) is 1.25. The third-order valence-corrected chi connectivity index (χ3v) is 4.14. The number of alkyl halides is 3. The molecule has 1 aliphatic rings. The number of anilines is 3. The molecule has 0 atom stereocenters. The molecule has 30 heavy (non-hydrogen) atoms. The lowest BCUT2D eigenvalue weighted by Gasteiger charge is -2.16. The molecule has 0 bridgehead atoms. The molecule has 3 N–H and O–H groups in total.